The van der Waals surface area contributed by atoms with E-state index in [0.29, 0.717) is 6.42 Å². The molecule has 0 bridgehead atoms. The summed E-state index contributed by atoms with van der Waals surface area (Å²) in [6, 6.07) is 8.27. The molecule has 0 spiro atoms. The molecule has 0 radical (unpaired) electrons. The number of rotatable bonds is 3. The molecule has 3 atom stereocenters. The lowest BCUT2D eigenvalue weighted by molar-refractivity contribution is -0.142. The Morgan fingerprint density at radius 3 is 2.65 bits per heavy atom. The molecule has 1 heterocycles. The van der Waals surface area contributed by atoms with Gasteiger partial charge in [0.1, 0.15) is 0 Å². The predicted octanol–water partition coefficient (Wildman–Crippen LogP) is 2.38. The van der Waals surface area contributed by atoms with Gasteiger partial charge in [0.05, 0.1) is 17.9 Å². The number of aliphatic carboxylic acids is 1. The molecule has 3 rings (SSSR count). The fourth-order valence-electron chi connectivity index (χ4n) is 3.27. The van der Waals surface area contributed by atoms with E-state index in [1.54, 1.807) is 0 Å². The van der Waals surface area contributed by atoms with Crippen LogP contribution >= 0.6 is 0 Å². The zero-order valence-electron chi connectivity index (χ0n) is 11.6. The van der Waals surface area contributed by atoms with E-state index in [2.05, 4.69) is 19.1 Å². The quantitative estimate of drug-likeness (QED) is 0.920. The highest BCUT2D eigenvalue weighted by Gasteiger charge is 2.51. The van der Waals surface area contributed by atoms with Crippen molar-refractivity contribution < 1.29 is 14.7 Å². The van der Waals surface area contributed by atoms with Crippen LogP contribution in [0.15, 0.2) is 24.3 Å². The zero-order chi connectivity index (χ0) is 14.3. The van der Waals surface area contributed by atoms with Gasteiger partial charge in [-0.05, 0) is 37.3 Å². The summed E-state index contributed by atoms with van der Waals surface area (Å²) in [6.45, 7) is 2.81. The number of nitrogens with zero attached hydrogens (tertiary/aromatic N) is 1. The standard InChI is InChI=1S/C16H19NO3/c1-10-5-2-3-6-11(10)14-7-4-8-17(14)15(18)12-9-13(12)16(19)20/h2-3,5-6,12-14H,4,7-9H2,1H3,(H,19,20)/t12-,13-,14-/m0/s1. The molecule has 20 heavy (non-hydrogen) atoms. The number of carboxylic acids is 1. The third-order valence-electron chi connectivity index (χ3n) is 4.51. The highest BCUT2D eigenvalue weighted by Crippen LogP contribution is 2.44. The first-order valence-electron chi connectivity index (χ1n) is 7.18. The summed E-state index contributed by atoms with van der Waals surface area (Å²) in [5.41, 5.74) is 2.40. The summed E-state index contributed by atoms with van der Waals surface area (Å²) in [6.07, 6.45) is 2.47. The van der Waals surface area contributed by atoms with Crippen molar-refractivity contribution in [1.82, 2.24) is 4.90 Å². The maximum atomic E-state index is 12.5. The van der Waals surface area contributed by atoms with Crippen LogP contribution in [-0.2, 0) is 9.59 Å². The minimum absolute atomic E-state index is 0.0307. The lowest BCUT2D eigenvalue weighted by atomic mass is 9.99. The molecule has 4 nitrogen and oxygen atoms in total. The Kier molecular flexibility index (Phi) is 3.24. The molecule has 1 saturated heterocycles. The second kappa shape index (κ2) is 4.93. The average molecular weight is 273 g/mol. The van der Waals surface area contributed by atoms with Gasteiger partial charge >= 0.3 is 5.97 Å². The van der Waals surface area contributed by atoms with Crippen molar-refractivity contribution in [1.29, 1.82) is 0 Å². The Bertz CT molecular complexity index is 554. The van der Waals surface area contributed by atoms with E-state index < -0.39 is 11.9 Å². The number of carbonyl (C=O) groups is 2. The van der Waals surface area contributed by atoms with Crippen molar-refractivity contribution in [2.45, 2.75) is 32.2 Å². The summed E-state index contributed by atoms with van der Waals surface area (Å²) in [7, 11) is 0. The van der Waals surface area contributed by atoms with E-state index >= 15 is 0 Å². The number of carbonyl (C=O) groups excluding carboxylic acids is 1. The predicted molar refractivity (Wildman–Crippen MR) is 74.1 cm³/mol. The minimum Gasteiger partial charge on any atom is -0.481 e. The number of amides is 1. The van der Waals surface area contributed by atoms with Crippen LogP contribution in [0.4, 0.5) is 0 Å². The molecular formula is C16H19NO3. The first-order chi connectivity index (χ1) is 9.59. The van der Waals surface area contributed by atoms with Gasteiger partial charge in [-0.25, -0.2) is 0 Å². The third kappa shape index (κ3) is 2.19. The van der Waals surface area contributed by atoms with Gasteiger partial charge in [-0.3, -0.25) is 9.59 Å². The minimum atomic E-state index is -0.838. The van der Waals surface area contributed by atoms with Gasteiger partial charge in [0, 0.05) is 6.54 Å². The van der Waals surface area contributed by atoms with Crippen molar-refractivity contribution in [3.63, 3.8) is 0 Å². The normalized spacial score (nSPS) is 28.4. The first kappa shape index (κ1) is 13.2. The lowest BCUT2D eigenvalue weighted by Crippen LogP contribution is -2.33. The van der Waals surface area contributed by atoms with E-state index in [4.69, 9.17) is 5.11 Å². The molecule has 1 aromatic carbocycles. The van der Waals surface area contributed by atoms with Gasteiger partial charge in [0.15, 0.2) is 0 Å². The van der Waals surface area contributed by atoms with Gasteiger partial charge in [-0.2, -0.15) is 0 Å². The molecule has 2 aliphatic rings. The van der Waals surface area contributed by atoms with E-state index in [9.17, 15) is 9.59 Å². The number of hydrogen-bond donors (Lipinski definition) is 1. The fraction of sp³-hybridized carbons (Fsp3) is 0.500. The number of benzene rings is 1. The van der Waals surface area contributed by atoms with Crippen LogP contribution in [0.25, 0.3) is 0 Å². The summed E-state index contributed by atoms with van der Waals surface area (Å²) in [5.74, 6) is -1.56. The van der Waals surface area contributed by atoms with Crippen molar-refractivity contribution >= 4 is 11.9 Å². The summed E-state index contributed by atoms with van der Waals surface area (Å²) < 4.78 is 0. The molecular weight excluding hydrogens is 254 g/mol. The van der Waals surface area contributed by atoms with E-state index in [-0.39, 0.29) is 17.9 Å². The van der Waals surface area contributed by atoms with Gasteiger partial charge in [-0.15, -0.1) is 0 Å². The maximum absolute atomic E-state index is 12.5. The van der Waals surface area contributed by atoms with Gasteiger partial charge in [-0.1, -0.05) is 24.3 Å². The third-order valence-corrected chi connectivity index (χ3v) is 4.51. The summed E-state index contributed by atoms with van der Waals surface area (Å²) >= 11 is 0. The summed E-state index contributed by atoms with van der Waals surface area (Å²) in [5, 5.41) is 8.97. The van der Waals surface area contributed by atoms with Gasteiger partial charge < -0.3 is 10.0 Å². The molecule has 2 fully saturated rings. The molecule has 1 aliphatic carbocycles. The second-order valence-corrected chi connectivity index (χ2v) is 5.83. The Labute approximate surface area is 118 Å². The van der Waals surface area contributed by atoms with Crippen LogP contribution in [-0.4, -0.2) is 28.4 Å². The van der Waals surface area contributed by atoms with Gasteiger partial charge in [0.25, 0.3) is 0 Å². The number of carboxylic acid groups (broad SMARTS) is 1. The Hall–Kier alpha value is -1.84. The lowest BCUT2D eigenvalue weighted by Gasteiger charge is -2.26. The molecule has 0 unspecified atom stereocenters. The van der Waals surface area contributed by atoms with Crippen LogP contribution in [0.3, 0.4) is 0 Å². The molecule has 1 amide bonds. The van der Waals surface area contributed by atoms with Crippen LogP contribution in [0.1, 0.15) is 36.4 Å². The SMILES string of the molecule is Cc1ccccc1[C@@H]1CCCN1C(=O)[C@H]1C[C@@H]1C(=O)O. The monoisotopic (exact) mass is 273 g/mol. The van der Waals surface area contributed by atoms with Crippen molar-refractivity contribution in [3.8, 4) is 0 Å². The largest absolute Gasteiger partial charge is 0.481 e. The topological polar surface area (TPSA) is 57.6 Å². The fourth-order valence-corrected chi connectivity index (χ4v) is 3.27. The Morgan fingerprint density at radius 1 is 1.25 bits per heavy atom. The van der Waals surface area contributed by atoms with Crippen molar-refractivity contribution in [2.24, 2.45) is 11.8 Å². The van der Waals surface area contributed by atoms with Gasteiger partial charge in [0.2, 0.25) is 5.91 Å². The highest BCUT2D eigenvalue weighted by molar-refractivity contribution is 5.89. The molecule has 1 saturated carbocycles. The number of hydrogen-bond acceptors (Lipinski definition) is 2. The molecule has 4 heteroatoms. The molecule has 106 valence electrons. The van der Waals surface area contributed by atoms with Crippen molar-refractivity contribution in [3.05, 3.63) is 35.4 Å². The van der Waals surface area contributed by atoms with E-state index in [1.165, 1.54) is 11.1 Å². The van der Waals surface area contributed by atoms with E-state index in [0.717, 1.165) is 19.4 Å². The number of aryl methyl sites for hydroxylation is 1. The first-order valence-corrected chi connectivity index (χ1v) is 7.18. The van der Waals surface area contributed by atoms with Crippen LogP contribution in [0.5, 0.6) is 0 Å². The maximum Gasteiger partial charge on any atom is 0.307 e. The summed E-state index contributed by atoms with van der Waals surface area (Å²) in [4.78, 5) is 25.3. The molecule has 0 aromatic heterocycles. The smallest absolute Gasteiger partial charge is 0.307 e. The van der Waals surface area contributed by atoms with Crippen molar-refractivity contribution in [2.75, 3.05) is 6.54 Å². The average Bonchev–Trinajstić information content (AvgIpc) is 3.09. The second-order valence-electron chi connectivity index (χ2n) is 5.83. The number of likely N-dealkylation sites (tertiary alicyclic amines) is 1. The Morgan fingerprint density at radius 2 is 2.00 bits per heavy atom. The molecule has 1 aromatic rings. The molecule has 1 N–H and O–H groups in total. The Balaban J connectivity index is 1.78. The molecule has 1 aliphatic heterocycles. The van der Waals surface area contributed by atoms with Crippen LogP contribution in [0, 0.1) is 18.8 Å². The highest BCUT2D eigenvalue weighted by atomic mass is 16.4. The zero-order valence-corrected chi connectivity index (χ0v) is 11.6. The van der Waals surface area contributed by atoms with Crippen LogP contribution in [0.2, 0.25) is 0 Å². The van der Waals surface area contributed by atoms with E-state index in [1.807, 2.05) is 17.0 Å². The van der Waals surface area contributed by atoms with Crippen LogP contribution < -0.4 is 0 Å².